The van der Waals surface area contributed by atoms with E-state index in [1.165, 1.54) is 12.1 Å². The molecule has 0 atom stereocenters. The Hall–Kier alpha value is -4.92. The van der Waals surface area contributed by atoms with Crippen molar-refractivity contribution < 1.29 is 9.18 Å². The van der Waals surface area contributed by atoms with Crippen molar-refractivity contribution in [1.82, 2.24) is 30.1 Å². The average Bonchev–Trinajstić information content (AvgIpc) is 3.73. The summed E-state index contributed by atoms with van der Waals surface area (Å²) in [5.41, 5.74) is 7.18. The first-order valence-electron chi connectivity index (χ1n) is 13.0. The van der Waals surface area contributed by atoms with Gasteiger partial charge in [-0.2, -0.15) is 5.10 Å². The van der Waals surface area contributed by atoms with Crippen LogP contribution in [-0.4, -0.2) is 36.0 Å². The smallest absolute Gasteiger partial charge is 0.227 e. The lowest BCUT2D eigenvalue weighted by Crippen LogP contribution is -2.20. The number of aromatic nitrogens is 6. The van der Waals surface area contributed by atoms with Crippen LogP contribution in [0.25, 0.3) is 55.6 Å². The third kappa shape index (κ3) is 4.31. The number of anilines is 1. The number of halogens is 1. The van der Waals surface area contributed by atoms with Gasteiger partial charge >= 0.3 is 0 Å². The van der Waals surface area contributed by atoms with Crippen LogP contribution >= 0.6 is 0 Å². The number of nitrogens with zero attached hydrogens (tertiary/aromatic N) is 4. The van der Waals surface area contributed by atoms with Crippen LogP contribution in [0.2, 0.25) is 0 Å². The van der Waals surface area contributed by atoms with Crippen LogP contribution in [0.15, 0.2) is 73.4 Å². The van der Waals surface area contributed by atoms with Gasteiger partial charge in [0, 0.05) is 40.2 Å². The maximum absolute atomic E-state index is 13.5. The molecule has 7 rings (SSSR count). The van der Waals surface area contributed by atoms with E-state index in [2.05, 4.69) is 35.5 Å². The van der Waals surface area contributed by atoms with E-state index in [9.17, 15) is 9.18 Å². The van der Waals surface area contributed by atoms with E-state index < -0.39 is 0 Å². The molecule has 1 amide bonds. The molecule has 6 aromatic rings. The molecule has 3 N–H and O–H groups in total. The minimum absolute atomic E-state index is 0.0558. The van der Waals surface area contributed by atoms with E-state index in [0.717, 1.165) is 81.3 Å². The number of pyridine rings is 3. The van der Waals surface area contributed by atoms with Crippen molar-refractivity contribution in [3.63, 3.8) is 0 Å². The number of hydrogen-bond acceptors (Lipinski definition) is 5. The first kappa shape index (κ1) is 23.2. The van der Waals surface area contributed by atoms with Gasteiger partial charge in [0.2, 0.25) is 5.91 Å². The number of nitrogens with one attached hydrogen (secondary N) is 3. The summed E-state index contributed by atoms with van der Waals surface area (Å²) in [6.07, 6.45) is 12.8. The van der Waals surface area contributed by atoms with Crippen LogP contribution in [0.3, 0.4) is 0 Å². The Morgan fingerprint density at radius 2 is 1.69 bits per heavy atom. The molecule has 0 unspecified atom stereocenters. The SMILES string of the molecule is O=C(Nc1cncc(-c2cc3c(-c4cc5c(-c6ccc(F)cc6)cncc5[nH]4)n[nH]c3cn2)c1)C1CCCC1. The summed E-state index contributed by atoms with van der Waals surface area (Å²) in [7, 11) is 0. The molecule has 39 heavy (non-hydrogen) atoms. The second-order valence-corrected chi connectivity index (χ2v) is 9.96. The maximum atomic E-state index is 13.5. The summed E-state index contributed by atoms with van der Waals surface area (Å²) in [6, 6.07) is 12.3. The second-order valence-electron chi connectivity index (χ2n) is 9.96. The van der Waals surface area contributed by atoms with Crippen molar-refractivity contribution in [3.8, 4) is 33.8 Å². The van der Waals surface area contributed by atoms with Gasteiger partial charge in [-0.15, -0.1) is 0 Å². The molecule has 0 spiro atoms. The minimum Gasteiger partial charge on any atom is -0.352 e. The topological polar surface area (TPSA) is 112 Å². The van der Waals surface area contributed by atoms with Crippen LogP contribution in [-0.2, 0) is 4.79 Å². The van der Waals surface area contributed by atoms with Gasteiger partial charge in [-0.05, 0) is 48.7 Å². The first-order valence-corrected chi connectivity index (χ1v) is 13.0. The predicted molar refractivity (Wildman–Crippen MR) is 148 cm³/mol. The molecule has 5 aromatic heterocycles. The van der Waals surface area contributed by atoms with E-state index in [1.54, 1.807) is 43.1 Å². The summed E-state index contributed by atoms with van der Waals surface area (Å²) < 4.78 is 13.5. The standard InChI is InChI=1S/C30H24FN7O/c31-20-7-5-17(6-8-20)24-14-33-15-27-22(24)10-26(36-27)29-23-11-25(34-16-28(23)37-38-29)19-9-21(13-32-12-19)35-30(39)18-3-1-2-4-18/h5-16,18,36H,1-4H2,(H,35,39)(H,37,38). The number of carbonyl (C=O) groups is 1. The molecule has 1 aromatic carbocycles. The maximum Gasteiger partial charge on any atom is 0.227 e. The van der Waals surface area contributed by atoms with E-state index >= 15 is 0 Å². The Morgan fingerprint density at radius 1 is 0.872 bits per heavy atom. The fraction of sp³-hybridized carbons (Fsp3) is 0.167. The van der Waals surface area contributed by atoms with Crippen molar-refractivity contribution >= 4 is 33.4 Å². The van der Waals surface area contributed by atoms with Crippen molar-refractivity contribution in [2.45, 2.75) is 25.7 Å². The van der Waals surface area contributed by atoms with E-state index in [4.69, 9.17) is 0 Å². The summed E-state index contributed by atoms with van der Waals surface area (Å²) in [4.78, 5) is 29.4. The molecule has 1 aliphatic rings. The zero-order valence-corrected chi connectivity index (χ0v) is 20.9. The third-order valence-corrected chi connectivity index (χ3v) is 7.43. The normalized spacial score (nSPS) is 13.9. The molecule has 0 saturated heterocycles. The Labute approximate surface area is 222 Å². The van der Waals surface area contributed by atoms with Gasteiger partial charge in [0.1, 0.15) is 11.5 Å². The summed E-state index contributed by atoms with van der Waals surface area (Å²) in [5.74, 6) is -0.148. The van der Waals surface area contributed by atoms with E-state index in [-0.39, 0.29) is 17.6 Å². The third-order valence-electron chi connectivity index (χ3n) is 7.43. The molecule has 5 heterocycles. The van der Waals surface area contributed by atoms with Crippen molar-refractivity contribution in [2.24, 2.45) is 5.92 Å². The summed E-state index contributed by atoms with van der Waals surface area (Å²) in [6.45, 7) is 0. The highest BCUT2D eigenvalue weighted by molar-refractivity contribution is 6.01. The van der Waals surface area contributed by atoms with Crippen LogP contribution < -0.4 is 5.32 Å². The van der Waals surface area contributed by atoms with Gasteiger partial charge in [0.15, 0.2) is 0 Å². The number of H-pyrrole nitrogens is 2. The Morgan fingerprint density at radius 3 is 2.54 bits per heavy atom. The highest BCUT2D eigenvalue weighted by Crippen LogP contribution is 2.34. The molecule has 1 saturated carbocycles. The van der Waals surface area contributed by atoms with E-state index in [0.29, 0.717) is 5.69 Å². The van der Waals surface area contributed by atoms with Gasteiger partial charge in [-0.3, -0.25) is 24.8 Å². The molecular formula is C30H24FN7O. The molecule has 1 aliphatic carbocycles. The summed E-state index contributed by atoms with van der Waals surface area (Å²) >= 11 is 0. The minimum atomic E-state index is -0.280. The highest BCUT2D eigenvalue weighted by atomic mass is 19.1. The number of benzene rings is 1. The Kier molecular flexibility index (Phi) is 5.61. The summed E-state index contributed by atoms with van der Waals surface area (Å²) in [5, 5.41) is 12.5. The van der Waals surface area contributed by atoms with Gasteiger partial charge in [0.05, 0.1) is 46.7 Å². The van der Waals surface area contributed by atoms with Gasteiger partial charge < -0.3 is 10.3 Å². The Balaban J connectivity index is 1.24. The monoisotopic (exact) mass is 517 g/mol. The molecule has 192 valence electrons. The second kappa shape index (κ2) is 9.43. The predicted octanol–water partition coefficient (Wildman–Crippen LogP) is 6.50. The lowest BCUT2D eigenvalue weighted by molar-refractivity contribution is -0.119. The number of carbonyl (C=O) groups excluding carboxylic acids is 1. The fourth-order valence-corrected chi connectivity index (χ4v) is 5.40. The molecule has 9 heteroatoms. The quantitative estimate of drug-likeness (QED) is 0.242. The zero-order valence-electron chi connectivity index (χ0n) is 20.9. The molecule has 0 bridgehead atoms. The largest absolute Gasteiger partial charge is 0.352 e. The van der Waals surface area contributed by atoms with E-state index in [1.807, 2.05) is 18.2 Å². The molecular weight excluding hydrogens is 493 g/mol. The van der Waals surface area contributed by atoms with Crippen LogP contribution in [0.1, 0.15) is 25.7 Å². The average molecular weight is 518 g/mol. The number of aromatic amines is 2. The number of rotatable bonds is 5. The Bertz CT molecular complexity index is 1830. The lowest BCUT2D eigenvalue weighted by Gasteiger charge is -2.11. The number of hydrogen-bond donors (Lipinski definition) is 3. The molecule has 8 nitrogen and oxygen atoms in total. The van der Waals surface area contributed by atoms with Gasteiger partial charge in [-0.25, -0.2) is 4.39 Å². The van der Waals surface area contributed by atoms with Gasteiger partial charge in [-0.1, -0.05) is 25.0 Å². The van der Waals surface area contributed by atoms with Crippen LogP contribution in [0, 0.1) is 11.7 Å². The van der Waals surface area contributed by atoms with Gasteiger partial charge in [0.25, 0.3) is 0 Å². The first-order chi connectivity index (χ1) is 19.1. The molecule has 0 radical (unpaired) electrons. The fourth-order valence-electron chi connectivity index (χ4n) is 5.40. The highest BCUT2D eigenvalue weighted by Gasteiger charge is 2.23. The van der Waals surface area contributed by atoms with Crippen molar-refractivity contribution in [3.05, 3.63) is 79.3 Å². The number of amides is 1. The van der Waals surface area contributed by atoms with Crippen LogP contribution in [0.5, 0.6) is 0 Å². The van der Waals surface area contributed by atoms with Crippen LogP contribution in [0.4, 0.5) is 10.1 Å². The molecule has 1 fully saturated rings. The van der Waals surface area contributed by atoms with Crippen molar-refractivity contribution in [2.75, 3.05) is 5.32 Å². The molecule has 0 aliphatic heterocycles. The number of fused-ring (bicyclic) bond motifs is 2. The van der Waals surface area contributed by atoms with Crippen molar-refractivity contribution in [1.29, 1.82) is 0 Å². The lowest BCUT2D eigenvalue weighted by atomic mass is 10.0. The zero-order chi connectivity index (χ0) is 26.3.